The Bertz CT molecular complexity index is 830. The average Bonchev–Trinajstić information content (AvgIpc) is 2.59. The number of carbonyl (C=O) groups excluding carboxylic acids is 2. The molecule has 2 amide bonds. The van der Waals surface area contributed by atoms with Gasteiger partial charge in [0.1, 0.15) is 0 Å². The van der Waals surface area contributed by atoms with Gasteiger partial charge >= 0.3 is 0 Å². The van der Waals surface area contributed by atoms with Gasteiger partial charge in [-0.3, -0.25) is 9.59 Å². The van der Waals surface area contributed by atoms with Gasteiger partial charge in [-0.15, -0.1) is 0 Å². The van der Waals surface area contributed by atoms with Crippen LogP contribution in [-0.4, -0.2) is 11.8 Å². The van der Waals surface area contributed by atoms with E-state index in [0.717, 1.165) is 23.4 Å². The maximum Gasteiger partial charge on any atom is 0.224 e. The lowest BCUT2D eigenvalue weighted by Crippen LogP contribution is -2.21. The maximum absolute atomic E-state index is 12.5. The van der Waals surface area contributed by atoms with E-state index in [1.807, 2.05) is 42.5 Å². The van der Waals surface area contributed by atoms with Gasteiger partial charge in [0.2, 0.25) is 11.8 Å². The first kappa shape index (κ1) is 21.7. The fraction of sp³-hybridized carbons (Fsp3) is 0.417. The van der Waals surface area contributed by atoms with Gasteiger partial charge in [-0.05, 0) is 52.6 Å². The van der Waals surface area contributed by atoms with E-state index >= 15 is 0 Å². The Morgan fingerprint density at radius 2 is 1.46 bits per heavy atom. The third-order valence-electron chi connectivity index (χ3n) is 4.98. The van der Waals surface area contributed by atoms with Gasteiger partial charge in [-0.2, -0.15) is 0 Å². The smallest absolute Gasteiger partial charge is 0.224 e. The van der Waals surface area contributed by atoms with Crippen molar-refractivity contribution in [3.63, 3.8) is 0 Å². The number of anilines is 2. The summed E-state index contributed by atoms with van der Waals surface area (Å²) in [5.74, 6) is -0.0618. The summed E-state index contributed by atoms with van der Waals surface area (Å²) < 4.78 is 0. The van der Waals surface area contributed by atoms with E-state index in [0.29, 0.717) is 6.42 Å². The fourth-order valence-electron chi connectivity index (χ4n) is 3.07. The van der Waals surface area contributed by atoms with E-state index in [1.165, 1.54) is 12.5 Å². The molecule has 0 fully saturated rings. The molecule has 2 N–H and O–H groups in total. The fourth-order valence-corrected chi connectivity index (χ4v) is 3.07. The van der Waals surface area contributed by atoms with E-state index in [-0.39, 0.29) is 22.6 Å². The summed E-state index contributed by atoms with van der Waals surface area (Å²) in [6.45, 7) is 12.2. The highest BCUT2D eigenvalue weighted by atomic mass is 16.2. The lowest BCUT2D eigenvalue weighted by atomic mass is 9.80. The van der Waals surface area contributed by atoms with Gasteiger partial charge in [0, 0.05) is 24.7 Å². The lowest BCUT2D eigenvalue weighted by molar-refractivity contribution is -0.116. The van der Waals surface area contributed by atoms with E-state index in [1.54, 1.807) is 0 Å². The molecule has 150 valence electrons. The third-order valence-corrected chi connectivity index (χ3v) is 4.98. The minimum absolute atomic E-state index is 0.0222. The summed E-state index contributed by atoms with van der Waals surface area (Å²) in [6, 6.07) is 15.9. The quantitative estimate of drug-likeness (QED) is 0.681. The van der Waals surface area contributed by atoms with Crippen molar-refractivity contribution in [1.82, 2.24) is 0 Å². The number of carbonyl (C=O) groups is 2. The number of benzene rings is 2. The molecule has 28 heavy (non-hydrogen) atoms. The summed E-state index contributed by atoms with van der Waals surface area (Å²) in [6.07, 6.45) is 1.18. The number of rotatable bonds is 6. The van der Waals surface area contributed by atoms with Crippen molar-refractivity contribution in [2.75, 3.05) is 10.6 Å². The van der Waals surface area contributed by atoms with Gasteiger partial charge in [0.25, 0.3) is 0 Å². The second-order valence-corrected chi connectivity index (χ2v) is 9.02. The van der Waals surface area contributed by atoms with Crippen LogP contribution in [0.1, 0.15) is 65.5 Å². The molecular weight excluding hydrogens is 348 g/mol. The number of hydrogen-bond acceptors (Lipinski definition) is 2. The molecule has 0 spiro atoms. The Kier molecular flexibility index (Phi) is 6.65. The normalized spacial score (nSPS) is 11.8. The van der Waals surface area contributed by atoms with Crippen LogP contribution < -0.4 is 10.6 Å². The van der Waals surface area contributed by atoms with Crippen LogP contribution in [0.2, 0.25) is 0 Å². The lowest BCUT2D eigenvalue weighted by Gasteiger charge is -2.25. The summed E-state index contributed by atoms with van der Waals surface area (Å²) in [5.41, 5.74) is 3.87. The molecule has 2 aromatic carbocycles. The van der Waals surface area contributed by atoms with E-state index in [2.05, 4.69) is 51.3 Å². The molecule has 0 heterocycles. The second kappa shape index (κ2) is 8.59. The Balaban J connectivity index is 1.96. The van der Waals surface area contributed by atoms with Crippen molar-refractivity contribution in [2.24, 2.45) is 0 Å². The van der Waals surface area contributed by atoms with Crippen LogP contribution in [0.4, 0.5) is 11.4 Å². The first-order valence-corrected chi connectivity index (χ1v) is 9.76. The Hall–Kier alpha value is -2.62. The largest absolute Gasteiger partial charge is 0.326 e. The average molecular weight is 381 g/mol. The molecule has 2 rings (SSSR count). The molecule has 0 aromatic heterocycles. The topological polar surface area (TPSA) is 58.2 Å². The Morgan fingerprint density at radius 1 is 0.821 bits per heavy atom. The van der Waals surface area contributed by atoms with Crippen molar-refractivity contribution in [3.8, 4) is 0 Å². The minimum Gasteiger partial charge on any atom is -0.326 e. The van der Waals surface area contributed by atoms with Crippen molar-refractivity contribution in [3.05, 3.63) is 59.7 Å². The molecule has 0 saturated carbocycles. The van der Waals surface area contributed by atoms with Crippen molar-refractivity contribution >= 4 is 23.2 Å². The highest BCUT2D eigenvalue weighted by molar-refractivity contribution is 5.91. The molecule has 0 aliphatic rings. The van der Waals surface area contributed by atoms with Crippen molar-refractivity contribution < 1.29 is 9.59 Å². The van der Waals surface area contributed by atoms with Gasteiger partial charge in [-0.25, -0.2) is 0 Å². The van der Waals surface area contributed by atoms with Crippen LogP contribution in [0.15, 0.2) is 48.5 Å². The molecule has 0 atom stereocenters. The summed E-state index contributed by atoms with van der Waals surface area (Å²) in [7, 11) is 0. The third kappa shape index (κ3) is 6.22. The first-order chi connectivity index (χ1) is 13.0. The molecule has 0 bridgehead atoms. The zero-order chi connectivity index (χ0) is 20.9. The summed E-state index contributed by atoms with van der Waals surface area (Å²) in [5, 5.41) is 5.80. The SMILES string of the molecule is CC(=O)Nc1ccc(C(C)(C)CCC(=O)Nc2cccc(C(C)(C)C)c2)cc1. The van der Waals surface area contributed by atoms with Crippen molar-refractivity contribution in [1.29, 1.82) is 0 Å². The zero-order valence-corrected chi connectivity index (χ0v) is 17.8. The Morgan fingerprint density at radius 3 is 2.04 bits per heavy atom. The van der Waals surface area contributed by atoms with Crippen LogP contribution in [0.25, 0.3) is 0 Å². The molecular formula is C24H32N2O2. The minimum atomic E-state index is -0.140. The summed E-state index contributed by atoms with van der Waals surface area (Å²) >= 11 is 0. The predicted molar refractivity (Wildman–Crippen MR) is 117 cm³/mol. The Labute approximate surface area is 168 Å². The standard InChI is InChI=1S/C24H32N2O2/c1-17(27)25-20-12-10-18(11-13-20)24(5,6)15-14-22(28)26-21-9-7-8-19(16-21)23(2,3)4/h7-13,16H,14-15H2,1-6H3,(H,25,27)(H,26,28). The van der Waals surface area contributed by atoms with Crippen LogP contribution in [0, 0.1) is 0 Å². The molecule has 4 heteroatoms. The molecule has 4 nitrogen and oxygen atoms in total. The van der Waals surface area contributed by atoms with Gasteiger partial charge in [0.05, 0.1) is 0 Å². The monoisotopic (exact) mass is 380 g/mol. The van der Waals surface area contributed by atoms with Gasteiger partial charge in [0.15, 0.2) is 0 Å². The number of hydrogen-bond donors (Lipinski definition) is 2. The maximum atomic E-state index is 12.5. The number of amides is 2. The molecule has 2 aromatic rings. The molecule has 0 aliphatic carbocycles. The van der Waals surface area contributed by atoms with Crippen LogP contribution in [0.5, 0.6) is 0 Å². The van der Waals surface area contributed by atoms with Crippen molar-refractivity contribution in [2.45, 2.75) is 65.2 Å². The first-order valence-electron chi connectivity index (χ1n) is 9.76. The molecule has 0 unspecified atom stereocenters. The molecule has 0 saturated heterocycles. The van der Waals surface area contributed by atoms with Gasteiger partial charge < -0.3 is 10.6 Å². The zero-order valence-electron chi connectivity index (χ0n) is 17.8. The highest BCUT2D eigenvalue weighted by Gasteiger charge is 2.22. The molecule has 0 radical (unpaired) electrons. The van der Waals surface area contributed by atoms with E-state index in [4.69, 9.17) is 0 Å². The summed E-state index contributed by atoms with van der Waals surface area (Å²) in [4.78, 5) is 23.6. The van der Waals surface area contributed by atoms with Crippen LogP contribution in [-0.2, 0) is 20.4 Å². The van der Waals surface area contributed by atoms with E-state index in [9.17, 15) is 9.59 Å². The number of nitrogens with one attached hydrogen (secondary N) is 2. The predicted octanol–water partition coefficient (Wildman–Crippen LogP) is 5.64. The van der Waals surface area contributed by atoms with E-state index < -0.39 is 0 Å². The highest BCUT2D eigenvalue weighted by Crippen LogP contribution is 2.30. The van der Waals surface area contributed by atoms with Crippen LogP contribution >= 0.6 is 0 Å². The van der Waals surface area contributed by atoms with Gasteiger partial charge in [-0.1, -0.05) is 58.9 Å². The molecule has 0 aliphatic heterocycles. The van der Waals surface area contributed by atoms with Crippen LogP contribution in [0.3, 0.4) is 0 Å². The second-order valence-electron chi connectivity index (χ2n) is 9.02.